The number of benzene rings is 2. The van der Waals surface area contributed by atoms with Gasteiger partial charge in [0, 0.05) is 11.1 Å². The first-order valence-corrected chi connectivity index (χ1v) is 6.65. The highest BCUT2D eigenvalue weighted by molar-refractivity contribution is 5.95. The van der Waals surface area contributed by atoms with E-state index < -0.39 is 5.60 Å². The molecule has 1 heterocycles. The number of carbonyl (C=O) groups excluding carboxylic acids is 1. The van der Waals surface area contributed by atoms with Crippen molar-refractivity contribution in [3.63, 3.8) is 0 Å². The van der Waals surface area contributed by atoms with Gasteiger partial charge in [0.05, 0.1) is 19.8 Å². The zero-order valence-corrected chi connectivity index (χ0v) is 12.2. The Morgan fingerprint density at radius 1 is 1.00 bits per heavy atom. The van der Waals surface area contributed by atoms with Crippen LogP contribution in [-0.2, 0) is 10.3 Å². The number of cyclic esters (lactones) is 1. The molecular formula is C17H16O4. The predicted octanol–water partition coefficient (Wildman–Crippen LogP) is 3.14. The van der Waals surface area contributed by atoms with Crippen LogP contribution in [-0.4, -0.2) is 20.2 Å². The molecule has 0 aliphatic carbocycles. The molecule has 1 aliphatic rings. The van der Waals surface area contributed by atoms with Crippen LogP contribution in [0, 0.1) is 0 Å². The van der Waals surface area contributed by atoms with Gasteiger partial charge in [0.1, 0.15) is 11.5 Å². The van der Waals surface area contributed by atoms with E-state index in [1.54, 1.807) is 26.4 Å². The van der Waals surface area contributed by atoms with Crippen molar-refractivity contribution in [2.24, 2.45) is 0 Å². The second-order valence-corrected chi connectivity index (χ2v) is 5.07. The van der Waals surface area contributed by atoms with Crippen LogP contribution in [0.2, 0.25) is 0 Å². The standard InChI is InChI=1S/C17H16O4/c1-17(11-5-4-6-12(9-11)19-2)15-10-13(20-3)7-8-14(15)16(18)21-17/h4-10H,1-3H3. The first-order chi connectivity index (χ1) is 10.1. The Labute approximate surface area is 123 Å². The van der Waals surface area contributed by atoms with E-state index >= 15 is 0 Å². The van der Waals surface area contributed by atoms with Crippen molar-refractivity contribution in [1.82, 2.24) is 0 Å². The Balaban J connectivity index is 2.17. The van der Waals surface area contributed by atoms with Gasteiger partial charge < -0.3 is 14.2 Å². The van der Waals surface area contributed by atoms with E-state index in [0.717, 1.165) is 16.9 Å². The van der Waals surface area contributed by atoms with Crippen LogP contribution < -0.4 is 9.47 Å². The molecule has 21 heavy (non-hydrogen) atoms. The van der Waals surface area contributed by atoms with E-state index in [1.165, 1.54) is 0 Å². The van der Waals surface area contributed by atoms with Gasteiger partial charge in [-0.25, -0.2) is 4.79 Å². The minimum absolute atomic E-state index is 0.321. The molecule has 0 N–H and O–H groups in total. The molecule has 0 fully saturated rings. The topological polar surface area (TPSA) is 44.8 Å². The number of hydrogen-bond acceptors (Lipinski definition) is 4. The van der Waals surface area contributed by atoms with Crippen molar-refractivity contribution in [3.8, 4) is 11.5 Å². The van der Waals surface area contributed by atoms with Gasteiger partial charge >= 0.3 is 5.97 Å². The molecule has 0 aromatic heterocycles. The summed E-state index contributed by atoms with van der Waals surface area (Å²) in [6, 6.07) is 12.9. The second kappa shape index (κ2) is 4.81. The maximum Gasteiger partial charge on any atom is 0.339 e. The summed E-state index contributed by atoms with van der Waals surface area (Å²) < 4.78 is 16.2. The highest BCUT2D eigenvalue weighted by Gasteiger charge is 2.43. The van der Waals surface area contributed by atoms with Crippen LogP contribution >= 0.6 is 0 Å². The predicted molar refractivity (Wildman–Crippen MR) is 77.9 cm³/mol. The second-order valence-electron chi connectivity index (χ2n) is 5.07. The van der Waals surface area contributed by atoms with Gasteiger partial charge in [0.25, 0.3) is 0 Å². The number of methoxy groups -OCH3 is 2. The Morgan fingerprint density at radius 2 is 1.71 bits per heavy atom. The van der Waals surface area contributed by atoms with Crippen LogP contribution in [0.25, 0.3) is 0 Å². The molecule has 0 amide bonds. The smallest absolute Gasteiger partial charge is 0.339 e. The molecule has 1 aliphatic heterocycles. The van der Waals surface area contributed by atoms with Crippen molar-refractivity contribution in [2.75, 3.05) is 14.2 Å². The lowest BCUT2D eigenvalue weighted by molar-refractivity contribution is 0.0179. The highest BCUT2D eigenvalue weighted by Crippen LogP contribution is 2.43. The quantitative estimate of drug-likeness (QED) is 0.812. The lowest BCUT2D eigenvalue weighted by Crippen LogP contribution is -2.23. The zero-order chi connectivity index (χ0) is 15.0. The van der Waals surface area contributed by atoms with Crippen molar-refractivity contribution < 1.29 is 19.0 Å². The lowest BCUT2D eigenvalue weighted by Gasteiger charge is -2.25. The Kier molecular flexibility index (Phi) is 3.09. The summed E-state index contributed by atoms with van der Waals surface area (Å²) in [5.41, 5.74) is 1.40. The highest BCUT2D eigenvalue weighted by atomic mass is 16.6. The van der Waals surface area contributed by atoms with E-state index in [1.807, 2.05) is 37.3 Å². The molecule has 4 nitrogen and oxygen atoms in total. The number of rotatable bonds is 3. The van der Waals surface area contributed by atoms with Crippen LogP contribution in [0.1, 0.15) is 28.4 Å². The molecule has 3 rings (SSSR count). The number of ether oxygens (including phenoxy) is 3. The lowest BCUT2D eigenvalue weighted by atomic mass is 9.87. The molecule has 0 saturated carbocycles. The van der Waals surface area contributed by atoms with Crippen LogP contribution in [0.5, 0.6) is 11.5 Å². The molecule has 1 atom stereocenters. The molecular weight excluding hydrogens is 268 g/mol. The fourth-order valence-corrected chi connectivity index (χ4v) is 2.65. The number of fused-ring (bicyclic) bond motifs is 1. The van der Waals surface area contributed by atoms with Gasteiger partial charge in [0.15, 0.2) is 5.60 Å². The third-order valence-corrected chi connectivity index (χ3v) is 3.88. The zero-order valence-electron chi connectivity index (χ0n) is 12.2. The Bertz CT molecular complexity index is 708. The van der Waals surface area contributed by atoms with Crippen LogP contribution in [0.4, 0.5) is 0 Å². The van der Waals surface area contributed by atoms with Gasteiger partial charge in [-0.05, 0) is 37.3 Å². The molecule has 4 heteroatoms. The van der Waals surface area contributed by atoms with Crippen molar-refractivity contribution >= 4 is 5.97 Å². The van der Waals surface area contributed by atoms with Gasteiger partial charge in [-0.1, -0.05) is 12.1 Å². The third-order valence-electron chi connectivity index (χ3n) is 3.88. The van der Waals surface area contributed by atoms with E-state index in [2.05, 4.69) is 0 Å². The number of carbonyl (C=O) groups is 1. The van der Waals surface area contributed by atoms with Crippen molar-refractivity contribution in [2.45, 2.75) is 12.5 Å². The minimum atomic E-state index is -0.838. The maximum absolute atomic E-state index is 12.1. The van der Waals surface area contributed by atoms with E-state index in [-0.39, 0.29) is 5.97 Å². The monoisotopic (exact) mass is 284 g/mol. The average Bonchev–Trinajstić information content (AvgIpc) is 2.79. The summed E-state index contributed by atoms with van der Waals surface area (Å²) in [4.78, 5) is 12.1. The molecule has 108 valence electrons. The first kappa shape index (κ1) is 13.5. The molecule has 0 saturated heterocycles. The summed E-state index contributed by atoms with van der Waals surface area (Å²) >= 11 is 0. The van der Waals surface area contributed by atoms with Crippen molar-refractivity contribution in [1.29, 1.82) is 0 Å². The van der Waals surface area contributed by atoms with Gasteiger partial charge in [-0.15, -0.1) is 0 Å². The molecule has 0 bridgehead atoms. The Morgan fingerprint density at radius 3 is 2.43 bits per heavy atom. The molecule has 0 radical (unpaired) electrons. The Hall–Kier alpha value is -2.49. The molecule has 1 unspecified atom stereocenters. The van der Waals surface area contributed by atoms with Crippen LogP contribution in [0.15, 0.2) is 42.5 Å². The number of hydrogen-bond donors (Lipinski definition) is 0. The van der Waals surface area contributed by atoms with Gasteiger partial charge in [-0.2, -0.15) is 0 Å². The summed E-state index contributed by atoms with van der Waals surface area (Å²) in [5.74, 6) is 1.10. The number of esters is 1. The maximum atomic E-state index is 12.1. The SMILES string of the molecule is COc1cccc(C2(C)OC(=O)c3ccc(OC)cc32)c1. The summed E-state index contributed by atoms with van der Waals surface area (Å²) in [7, 11) is 3.21. The van der Waals surface area contributed by atoms with Gasteiger partial charge in [0.2, 0.25) is 0 Å². The third kappa shape index (κ3) is 2.03. The summed E-state index contributed by atoms with van der Waals surface area (Å²) in [6.45, 7) is 1.88. The fraction of sp³-hybridized carbons (Fsp3) is 0.235. The largest absolute Gasteiger partial charge is 0.497 e. The van der Waals surface area contributed by atoms with Crippen LogP contribution in [0.3, 0.4) is 0 Å². The van der Waals surface area contributed by atoms with E-state index in [4.69, 9.17) is 14.2 Å². The molecule has 2 aromatic rings. The van der Waals surface area contributed by atoms with Crippen molar-refractivity contribution in [3.05, 3.63) is 59.2 Å². The first-order valence-electron chi connectivity index (χ1n) is 6.65. The minimum Gasteiger partial charge on any atom is -0.497 e. The van der Waals surface area contributed by atoms with E-state index in [0.29, 0.717) is 11.3 Å². The summed E-state index contributed by atoms with van der Waals surface area (Å²) in [5, 5.41) is 0. The fourth-order valence-electron chi connectivity index (χ4n) is 2.65. The molecule has 0 spiro atoms. The molecule has 2 aromatic carbocycles. The normalized spacial score (nSPS) is 19.9. The van der Waals surface area contributed by atoms with Gasteiger partial charge in [-0.3, -0.25) is 0 Å². The average molecular weight is 284 g/mol. The summed E-state index contributed by atoms with van der Waals surface area (Å²) in [6.07, 6.45) is 0. The van der Waals surface area contributed by atoms with E-state index in [9.17, 15) is 4.79 Å².